The van der Waals surface area contributed by atoms with Gasteiger partial charge in [0.25, 0.3) is 11.8 Å². The number of amides is 4. The van der Waals surface area contributed by atoms with Crippen molar-refractivity contribution in [2.45, 2.75) is 0 Å². The van der Waals surface area contributed by atoms with Gasteiger partial charge in [-0.3, -0.25) is 14.9 Å². The smallest absolute Gasteiger partial charge is 0.273 e. The Morgan fingerprint density at radius 3 is 2.26 bits per heavy atom. The van der Waals surface area contributed by atoms with Crippen LogP contribution in [0.25, 0.3) is 6.08 Å². The molecule has 0 bridgehead atoms. The summed E-state index contributed by atoms with van der Waals surface area (Å²) in [5.41, 5.74) is 0.754. The number of halogens is 1. The SMILES string of the molecule is O=C1NC(=O)N(c2ccccc2)C(=O)C1=Cc1ccccc1Cl. The fourth-order valence-corrected chi connectivity index (χ4v) is 2.41. The first-order valence-corrected chi connectivity index (χ1v) is 7.17. The number of benzene rings is 2. The molecule has 1 N–H and O–H groups in total. The molecule has 5 nitrogen and oxygen atoms in total. The number of nitrogens with zero attached hydrogens (tertiary/aromatic N) is 1. The van der Waals surface area contributed by atoms with Gasteiger partial charge in [0.15, 0.2) is 0 Å². The maximum atomic E-state index is 12.6. The van der Waals surface area contributed by atoms with Crippen molar-refractivity contribution in [1.29, 1.82) is 0 Å². The molecule has 114 valence electrons. The average molecular weight is 327 g/mol. The van der Waals surface area contributed by atoms with E-state index in [1.54, 1.807) is 54.6 Å². The minimum atomic E-state index is -0.775. The molecule has 2 aromatic rings. The van der Waals surface area contributed by atoms with Gasteiger partial charge in [0.2, 0.25) is 0 Å². The first-order chi connectivity index (χ1) is 11.1. The molecule has 0 spiro atoms. The van der Waals surface area contributed by atoms with Gasteiger partial charge in [0.1, 0.15) is 5.57 Å². The molecule has 23 heavy (non-hydrogen) atoms. The Kier molecular flexibility index (Phi) is 3.95. The Bertz CT molecular complexity index is 831. The highest BCUT2D eigenvalue weighted by Gasteiger charge is 2.36. The third kappa shape index (κ3) is 2.86. The lowest BCUT2D eigenvalue weighted by Crippen LogP contribution is -2.54. The van der Waals surface area contributed by atoms with Gasteiger partial charge in [-0.25, -0.2) is 9.69 Å². The van der Waals surface area contributed by atoms with Crippen LogP contribution in [0.4, 0.5) is 10.5 Å². The molecule has 0 atom stereocenters. The highest BCUT2D eigenvalue weighted by atomic mass is 35.5. The second-order valence-corrected chi connectivity index (χ2v) is 5.22. The maximum Gasteiger partial charge on any atom is 0.335 e. The lowest BCUT2D eigenvalue weighted by atomic mass is 10.1. The Balaban J connectivity index is 2.04. The fraction of sp³-hybridized carbons (Fsp3) is 0. The molecular formula is C17H11ClN2O3. The number of hydrogen-bond acceptors (Lipinski definition) is 3. The summed E-state index contributed by atoms with van der Waals surface area (Å²) in [5.74, 6) is -1.43. The number of imide groups is 2. The van der Waals surface area contributed by atoms with Gasteiger partial charge < -0.3 is 0 Å². The number of barbiturate groups is 1. The van der Waals surface area contributed by atoms with E-state index in [1.165, 1.54) is 6.08 Å². The highest BCUT2D eigenvalue weighted by Crippen LogP contribution is 2.23. The summed E-state index contributed by atoms with van der Waals surface area (Å²) >= 11 is 6.05. The van der Waals surface area contributed by atoms with Crippen molar-refractivity contribution in [1.82, 2.24) is 5.32 Å². The Labute approximate surface area is 137 Å². The molecule has 2 aromatic carbocycles. The van der Waals surface area contributed by atoms with E-state index in [9.17, 15) is 14.4 Å². The normalized spacial score (nSPS) is 16.7. The van der Waals surface area contributed by atoms with E-state index in [1.807, 2.05) is 0 Å². The number of carbonyl (C=O) groups is 3. The molecule has 1 fully saturated rings. The summed E-state index contributed by atoms with van der Waals surface area (Å²) in [6, 6.07) is 14.4. The van der Waals surface area contributed by atoms with Gasteiger partial charge in [-0.1, -0.05) is 48.0 Å². The van der Waals surface area contributed by atoms with Crippen LogP contribution in [0, 0.1) is 0 Å². The summed E-state index contributed by atoms with van der Waals surface area (Å²) in [6.45, 7) is 0. The van der Waals surface area contributed by atoms with Crippen molar-refractivity contribution in [2.24, 2.45) is 0 Å². The van der Waals surface area contributed by atoms with Gasteiger partial charge in [0.05, 0.1) is 5.69 Å². The molecule has 1 aliphatic heterocycles. The largest absolute Gasteiger partial charge is 0.335 e. The van der Waals surface area contributed by atoms with Crippen molar-refractivity contribution >= 4 is 41.2 Å². The molecule has 6 heteroatoms. The lowest BCUT2D eigenvalue weighted by Gasteiger charge is -2.26. The zero-order valence-corrected chi connectivity index (χ0v) is 12.6. The van der Waals surface area contributed by atoms with Crippen LogP contribution in [0.1, 0.15) is 5.56 Å². The summed E-state index contributed by atoms with van der Waals surface area (Å²) in [5, 5.41) is 2.57. The number of urea groups is 1. The van der Waals surface area contributed by atoms with Crippen molar-refractivity contribution < 1.29 is 14.4 Å². The quantitative estimate of drug-likeness (QED) is 0.681. The van der Waals surface area contributed by atoms with Crippen LogP contribution in [0.3, 0.4) is 0 Å². The van der Waals surface area contributed by atoms with Gasteiger partial charge in [0, 0.05) is 5.02 Å². The van der Waals surface area contributed by atoms with Gasteiger partial charge in [-0.15, -0.1) is 0 Å². The summed E-state index contributed by atoms with van der Waals surface area (Å²) in [4.78, 5) is 37.5. The number of anilines is 1. The summed E-state index contributed by atoms with van der Waals surface area (Å²) in [6.07, 6.45) is 1.38. The van der Waals surface area contributed by atoms with Crippen LogP contribution in [0.2, 0.25) is 5.02 Å². The number of nitrogens with one attached hydrogen (secondary N) is 1. The molecule has 3 rings (SSSR count). The number of rotatable bonds is 2. The monoisotopic (exact) mass is 326 g/mol. The second-order valence-electron chi connectivity index (χ2n) is 4.81. The molecule has 1 saturated heterocycles. The first-order valence-electron chi connectivity index (χ1n) is 6.79. The molecular weight excluding hydrogens is 316 g/mol. The van der Waals surface area contributed by atoms with Crippen molar-refractivity contribution in [3.63, 3.8) is 0 Å². The molecule has 1 aliphatic rings. The second kappa shape index (κ2) is 6.06. The van der Waals surface area contributed by atoms with E-state index >= 15 is 0 Å². The van der Waals surface area contributed by atoms with E-state index < -0.39 is 17.8 Å². The van der Waals surface area contributed by atoms with E-state index in [0.29, 0.717) is 16.3 Å². The average Bonchev–Trinajstić information content (AvgIpc) is 2.54. The van der Waals surface area contributed by atoms with Crippen LogP contribution in [0.15, 0.2) is 60.2 Å². The molecule has 0 unspecified atom stereocenters. The van der Waals surface area contributed by atoms with Crippen LogP contribution < -0.4 is 10.2 Å². The highest BCUT2D eigenvalue weighted by molar-refractivity contribution is 6.39. The molecule has 4 amide bonds. The minimum absolute atomic E-state index is 0.151. The lowest BCUT2D eigenvalue weighted by molar-refractivity contribution is -0.122. The summed E-state index contributed by atoms with van der Waals surface area (Å²) in [7, 11) is 0. The third-order valence-corrected chi connectivity index (χ3v) is 3.67. The van der Waals surface area contributed by atoms with E-state index in [-0.39, 0.29) is 5.57 Å². The Hall–Kier alpha value is -2.92. The molecule has 0 aliphatic carbocycles. The van der Waals surface area contributed by atoms with Crippen LogP contribution in [0.5, 0.6) is 0 Å². The predicted octanol–water partition coefficient (Wildman–Crippen LogP) is 3.01. The maximum absolute atomic E-state index is 12.6. The fourth-order valence-electron chi connectivity index (χ4n) is 2.22. The zero-order valence-electron chi connectivity index (χ0n) is 11.8. The Morgan fingerprint density at radius 2 is 1.57 bits per heavy atom. The van der Waals surface area contributed by atoms with Crippen LogP contribution in [-0.2, 0) is 9.59 Å². The Morgan fingerprint density at radius 1 is 0.913 bits per heavy atom. The van der Waals surface area contributed by atoms with Crippen LogP contribution >= 0.6 is 11.6 Å². The third-order valence-electron chi connectivity index (χ3n) is 3.32. The van der Waals surface area contributed by atoms with E-state index in [2.05, 4.69) is 5.32 Å². The number of carbonyl (C=O) groups excluding carboxylic acids is 3. The van der Waals surface area contributed by atoms with Crippen molar-refractivity contribution in [3.8, 4) is 0 Å². The topological polar surface area (TPSA) is 66.5 Å². The van der Waals surface area contributed by atoms with Crippen LogP contribution in [-0.4, -0.2) is 17.8 Å². The van der Waals surface area contributed by atoms with Gasteiger partial charge in [-0.05, 0) is 29.8 Å². The molecule has 0 aromatic heterocycles. The molecule has 1 heterocycles. The predicted molar refractivity (Wildman–Crippen MR) is 86.9 cm³/mol. The van der Waals surface area contributed by atoms with Gasteiger partial charge in [-0.2, -0.15) is 0 Å². The molecule has 0 radical (unpaired) electrons. The number of hydrogen-bond donors (Lipinski definition) is 1. The summed E-state index contributed by atoms with van der Waals surface area (Å²) < 4.78 is 0. The first kappa shape index (κ1) is 15.0. The number of para-hydroxylation sites is 1. The van der Waals surface area contributed by atoms with Gasteiger partial charge >= 0.3 is 6.03 Å². The van der Waals surface area contributed by atoms with Crippen molar-refractivity contribution in [3.05, 3.63) is 70.8 Å². The zero-order chi connectivity index (χ0) is 16.4. The standard InChI is InChI=1S/C17H11ClN2O3/c18-14-9-5-4-6-11(14)10-13-15(21)19-17(23)20(16(13)22)12-7-2-1-3-8-12/h1-10H,(H,19,21,23). The van der Waals surface area contributed by atoms with E-state index in [0.717, 1.165) is 4.90 Å². The minimum Gasteiger partial charge on any atom is -0.273 e. The van der Waals surface area contributed by atoms with E-state index in [4.69, 9.17) is 11.6 Å². The van der Waals surface area contributed by atoms with Crippen molar-refractivity contribution in [2.75, 3.05) is 4.90 Å². The molecule has 0 saturated carbocycles.